The van der Waals surface area contributed by atoms with Crippen molar-refractivity contribution < 1.29 is 19.8 Å². The minimum Gasteiger partial charge on any atom is -0.479 e. The van der Waals surface area contributed by atoms with Crippen LogP contribution in [-0.2, 0) is 4.79 Å². The van der Waals surface area contributed by atoms with Crippen molar-refractivity contribution in [3.8, 4) is 0 Å². The fourth-order valence-electron chi connectivity index (χ4n) is 0.335. The third-order valence-electron chi connectivity index (χ3n) is 1.07. The summed E-state index contributed by atoms with van der Waals surface area (Å²) in [4.78, 5) is 20.3. The Morgan fingerprint density at radius 1 is 1.64 bits per heavy atom. The summed E-state index contributed by atoms with van der Waals surface area (Å²) in [5, 5.41) is 19.3. The smallest absolute Gasteiger partial charge is 0.337 e. The van der Waals surface area contributed by atoms with Gasteiger partial charge in [-0.25, -0.2) is 9.59 Å². The van der Waals surface area contributed by atoms with E-state index in [0.717, 1.165) is 6.92 Å². The molecule has 0 spiro atoms. The van der Waals surface area contributed by atoms with E-state index < -0.39 is 24.1 Å². The number of hydrogen-bond donors (Lipinski definition) is 4. The van der Waals surface area contributed by atoms with Crippen LogP contribution in [-0.4, -0.2) is 34.4 Å². The summed E-state index contributed by atoms with van der Waals surface area (Å²) < 4.78 is 0. The standard InChI is InChI=1S/C5H10N2O4/c1-5(11,3(8)9)2-7-4(6)10/h11H,2H2,1H3,(H,8,9)(H3,6,7,10)/t5-/m1/s1. The van der Waals surface area contributed by atoms with E-state index in [-0.39, 0.29) is 0 Å². The first-order valence-corrected chi connectivity index (χ1v) is 2.85. The van der Waals surface area contributed by atoms with Gasteiger partial charge in [0.15, 0.2) is 5.60 Å². The summed E-state index contributed by atoms with van der Waals surface area (Å²) in [6.07, 6.45) is 0. The van der Waals surface area contributed by atoms with Gasteiger partial charge < -0.3 is 21.3 Å². The molecule has 6 heteroatoms. The monoisotopic (exact) mass is 162 g/mol. The number of carbonyl (C=O) groups is 2. The number of primary amides is 1. The van der Waals surface area contributed by atoms with Crippen LogP contribution in [0.3, 0.4) is 0 Å². The molecule has 6 nitrogen and oxygen atoms in total. The average molecular weight is 162 g/mol. The van der Waals surface area contributed by atoms with E-state index in [9.17, 15) is 9.59 Å². The highest BCUT2D eigenvalue weighted by Crippen LogP contribution is 1.99. The molecule has 0 aliphatic carbocycles. The molecular weight excluding hydrogens is 152 g/mol. The first-order chi connectivity index (χ1) is 4.86. The molecule has 11 heavy (non-hydrogen) atoms. The van der Waals surface area contributed by atoms with Gasteiger partial charge in [0.25, 0.3) is 0 Å². The van der Waals surface area contributed by atoms with Gasteiger partial charge in [-0.1, -0.05) is 0 Å². The van der Waals surface area contributed by atoms with Gasteiger partial charge in [0, 0.05) is 0 Å². The predicted octanol–water partition coefficient (Wildman–Crippen LogP) is -1.51. The molecule has 0 rings (SSSR count). The number of carbonyl (C=O) groups excluding carboxylic acids is 1. The Balaban J connectivity index is 3.92. The van der Waals surface area contributed by atoms with Crippen LogP contribution in [0.4, 0.5) is 4.79 Å². The van der Waals surface area contributed by atoms with E-state index in [1.165, 1.54) is 0 Å². The summed E-state index contributed by atoms with van der Waals surface area (Å²) in [6, 6.07) is -0.869. The molecule has 0 unspecified atom stereocenters. The normalized spacial score (nSPS) is 15.1. The molecule has 5 N–H and O–H groups in total. The Hall–Kier alpha value is -1.30. The third kappa shape index (κ3) is 3.41. The molecule has 0 heterocycles. The molecule has 0 aromatic heterocycles. The predicted molar refractivity (Wildman–Crippen MR) is 35.8 cm³/mol. The van der Waals surface area contributed by atoms with Gasteiger partial charge in [-0.15, -0.1) is 0 Å². The molecule has 0 aromatic carbocycles. The topological polar surface area (TPSA) is 113 Å². The van der Waals surface area contributed by atoms with Crippen molar-refractivity contribution in [2.75, 3.05) is 6.54 Å². The van der Waals surface area contributed by atoms with Crippen LogP contribution < -0.4 is 11.1 Å². The summed E-state index contributed by atoms with van der Waals surface area (Å²) in [5.74, 6) is -1.41. The Morgan fingerprint density at radius 3 is 2.36 bits per heavy atom. The van der Waals surface area contributed by atoms with Gasteiger partial charge in [-0.2, -0.15) is 0 Å². The van der Waals surface area contributed by atoms with Crippen molar-refractivity contribution >= 4 is 12.0 Å². The lowest BCUT2D eigenvalue weighted by Gasteiger charge is -2.16. The molecule has 0 saturated heterocycles. The van der Waals surface area contributed by atoms with Crippen LogP contribution in [0.5, 0.6) is 0 Å². The van der Waals surface area contributed by atoms with Crippen LogP contribution >= 0.6 is 0 Å². The molecule has 0 radical (unpaired) electrons. The van der Waals surface area contributed by atoms with E-state index in [1.54, 1.807) is 0 Å². The summed E-state index contributed by atoms with van der Waals surface area (Å²) in [6.45, 7) is 0.656. The molecule has 64 valence electrons. The highest BCUT2D eigenvalue weighted by molar-refractivity contribution is 5.78. The number of nitrogens with two attached hydrogens (primary N) is 1. The van der Waals surface area contributed by atoms with Crippen molar-refractivity contribution in [3.05, 3.63) is 0 Å². The van der Waals surface area contributed by atoms with Gasteiger partial charge >= 0.3 is 12.0 Å². The Bertz CT molecular complexity index is 177. The van der Waals surface area contributed by atoms with Crippen molar-refractivity contribution in [2.24, 2.45) is 5.73 Å². The zero-order chi connectivity index (χ0) is 9.07. The van der Waals surface area contributed by atoms with Gasteiger partial charge in [-0.3, -0.25) is 0 Å². The van der Waals surface area contributed by atoms with Crippen molar-refractivity contribution in [3.63, 3.8) is 0 Å². The van der Waals surface area contributed by atoms with E-state index in [4.69, 9.17) is 10.2 Å². The highest BCUT2D eigenvalue weighted by atomic mass is 16.4. The molecule has 1 atom stereocenters. The summed E-state index contributed by atoms with van der Waals surface area (Å²) >= 11 is 0. The number of carboxylic acid groups (broad SMARTS) is 1. The SMILES string of the molecule is C[C@@](O)(CNC(N)=O)C(=O)O. The Morgan fingerprint density at radius 2 is 2.09 bits per heavy atom. The lowest BCUT2D eigenvalue weighted by atomic mass is 10.1. The number of aliphatic carboxylic acids is 1. The fraction of sp³-hybridized carbons (Fsp3) is 0.600. The first-order valence-electron chi connectivity index (χ1n) is 2.85. The first kappa shape index (κ1) is 9.70. The second-order valence-corrected chi connectivity index (χ2v) is 2.30. The van der Waals surface area contributed by atoms with Crippen LogP contribution in [0, 0.1) is 0 Å². The molecular formula is C5H10N2O4. The Kier molecular flexibility index (Phi) is 2.82. The number of hydrogen-bond acceptors (Lipinski definition) is 3. The van der Waals surface area contributed by atoms with Gasteiger partial charge in [0.05, 0.1) is 6.54 Å². The lowest BCUT2D eigenvalue weighted by molar-refractivity contribution is -0.155. The minimum absolute atomic E-state index is 0.405. The molecule has 0 aliphatic heterocycles. The number of carboxylic acids is 1. The Labute approximate surface area is 63.0 Å². The highest BCUT2D eigenvalue weighted by Gasteiger charge is 2.29. The molecule has 0 aliphatic rings. The quantitative estimate of drug-likeness (QED) is 0.404. The second kappa shape index (κ2) is 3.20. The summed E-state index contributed by atoms with van der Waals surface area (Å²) in [5.41, 5.74) is 2.68. The van der Waals surface area contributed by atoms with E-state index >= 15 is 0 Å². The molecule has 0 saturated carbocycles. The zero-order valence-corrected chi connectivity index (χ0v) is 6.00. The lowest BCUT2D eigenvalue weighted by Crippen LogP contribution is -2.47. The number of aliphatic hydroxyl groups is 1. The van der Waals surface area contributed by atoms with Crippen molar-refractivity contribution in [1.82, 2.24) is 5.32 Å². The van der Waals surface area contributed by atoms with Crippen LogP contribution in [0.1, 0.15) is 6.92 Å². The number of urea groups is 1. The third-order valence-corrected chi connectivity index (χ3v) is 1.07. The maximum Gasteiger partial charge on any atom is 0.337 e. The second-order valence-electron chi connectivity index (χ2n) is 2.30. The van der Waals surface area contributed by atoms with Crippen LogP contribution in [0.15, 0.2) is 0 Å². The van der Waals surface area contributed by atoms with E-state index in [1.807, 2.05) is 5.32 Å². The zero-order valence-electron chi connectivity index (χ0n) is 6.00. The number of amides is 2. The van der Waals surface area contributed by atoms with Crippen LogP contribution in [0.25, 0.3) is 0 Å². The van der Waals surface area contributed by atoms with Crippen molar-refractivity contribution in [1.29, 1.82) is 0 Å². The maximum atomic E-state index is 10.2. The van der Waals surface area contributed by atoms with E-state index in [0.29, 0.717) is 0 Å². The van der Waals surface area contributed by atoms with E-state index in [2.05, 4.69) is 5.73 Å². The van der Waals surface area contributed by atoms with Gasteiger partial charge in [0.1, 0.15) is 0 Å². The van der Waals surface area contributed by atoms with Crippen molar-refractivity contribution in [2.45, 2.75) is 12.5 Å². The number of nitrogens with one attached hydrogen (secondary N) is 1. The molecule has 0 fully saturated rings. The fourth-order valence-corrected chi connectivity index (χ4v) is 0.335. The van der Waals surface area contributed by atoms with Crippen LogP contribution in [0.2, 0.25) is 0 Å². The maximum absolute atomic E-state index is 10.2. The average Bonchev–Trinajstić information content (AvgIpc) is 1.84. The molecule has 0 aromatic rings. The molecule has 2 amide bonds. The largest absolute Gasteiger partial charge is 0.479 e. The minimum atomic E-state index is -1.96. The van der Waals surface area contributed by atoms with Gasteiger partial charge in [-0.05, 0) is 6.92 Å². The summed E-state index contributed by atoms with van der Waals surface area (Å²) in [7, 11) is 0. The molecule has 0 bridgehead atoms. The number of rotatable bonds is 3. The van der Waals surface area contributed by atoms with Gasteiger partial charge in [0.2, 0.25) is 0 Å².